The Morgan fingerprint density at radius 2 is 1.89 bits per heavy atom. The second kappa shape index (κ2) is 11.5. The average molecular weight is 540 g/mol. The van der Waals surface area contributed by atoms with Crippen LogP contribution in [0.4, 0.5) is 19.1 Å². The molecule has 0 spiro atoms. The zero-order valence-corrected chi connectivity index (χ0v) is 21.9. The SMILES string of the molecule is CP(C)(=O)c1c(COCCOCCN)ccc2c(-c3nc(NC4CCCC4)ncc3C(F)(F)F)c[nH]c12. The molecular formula is C25H33F3N5O3P. The number of aromatic nitrogens is 3. The smallest absolute Gasteiger partial charge is 0.378 e. The molecule has 1 aliphatic rings. The minimum Gasteiger partial charge on any atom is -0.378 e. The maximum absolute atomic E-state index is 14.0. The Morgan fingerprint density at radius 3 is 2.57 bits per heavy atom. The number of nitrogens with two attached hydrogens (primary N) is 1. The topological polar surface area (TPSA) is 115 Å². The van der Waals surface area contributed by atoms with Crippen molar-refractivity contribution in [2.75, 3.05) is 45.0 Å². The van der Waals surface area contributed by atoms with Crippen LogP contribution in [0.1, 0.15) is 36.8 Å². The number of hydrogen-bond donors (Lipinski definition) is 3. The van der Waals surface area contributed by atoms with E-state index in [9.17, 15) is 17.7 Å². The van der Waals surface area contributed by atoms with Crippen LogP contribution >= 0.6 is 7.14 Å². The van der Waals surface area contributed by atoms with E-state index in [1.807, 2.05) is 0 Å². The summed E-state index contributed by atoms with van der Waals surface area (Å²) in [6.07, 6.45) is 1.68. The molecule has 2 aromatic heterocycles. The van der Waals surface area contributed by atoms with Crippen molar-refractivity contribution >= 4 is 29.3 Å². The standard InChI is InChI=1S/C25H33F3N5O3P/c1-37(2,34)23-16(15-36-12-11-35-10-9-29)7-8-18-19(13-30-22(18)23)21-20(25(26,27)28)14-31-24(33-21)32-17-5-3-4-6-17/h7-8,13-14,17,30H,3-6,9-12,15,29H2,1-2H3,(H,31,32,33). The van der Waals surface area contributed by atoms with Gasteiger partial charge in [0.15, 0.2) is 0 Å². The third kappa shape index (κ3) is 6.52. The van der Waals surface area contributed by atoms with Gasteiger partial charge in [-0.15, -0.1) is 0 Å². The highest BCUT2D eigenvalue weighted by Gasteiger charge is 2.36. The van der Waals surface area contributed by atoms with Gasteiger partial charge in [0.2, 0.25) is 5.95 Å². The van der Waals surface area contributed by atoms with Gasteiger partial charge in [-0.1, -0.05) is 25.0 Å². The Morgan fingerprint density at radius 1 is 1.16 bits per heavy atom. The Hall–Kier alpha value is -2.46. The van der Waals surface area contributed by atoms with Gasteiger partial charge >= 0.3 is 6.18 Å². The number of benzene rings is 1. The van der Waals surface area contributed by atoms with Gasteiger partial charge < -0.3 is 30.1 Å². The first-order valence-corrected chi connectivity index (χ1v) is 14.9. The molecule has 2 heterocycles. The minimum atomic E-state index is -4.64. The maximum atomic E-state index is 14.0. The molecule has 0 radical (unpaired) electrons. The van der Waals surface area contributed by atoms with Crippen LogP contribution in [0.25, 0.3) is 22.2 Å². The van der Waals surface area contributed by atoms with Gasteiger partial charge in [0, 0.05) is 41.2 Å². The zero-order chi connectivity index (χ0) is 26.6. The van der Waals surface area contributed by atoms with Crippen LogP contribution in [-0.4, -0.2) is 60.7 Å². The van der Waals surface area contributed by atoms with Crippen molar-refractivity contribution in [3.8, 4) is 11.3 Å². The Bertz CT molecular complexity index is 1270. The first-order valence-electron chi connectivity index (χ1n) is 12.3. The number of ether oxygens (including phenoxy) is 2. The lowest BCUT2D eigenvalue weighted by Crippen LogP contribution is -2.18. The molecular weight excluding hydrogens is 506 g/mol. The number of nitrogens with zero attached hydrogens (tertiary/aromatic N) is 2. The van der Waals surface area contributed by atoms with Crippen LogP contribution < -0.4 is 16.4 Å². The molecule has 0 unspecified atom stereocenters. The number of anilines is 1. The molecule has 1 saturated carbocycles. The molecule has 4 rings (SSSR count). The summed E-state index contributed by atoms with van der Waals surface area (Å²) < 4.78 is 66.2. The van der Waals surface area contributed by atoms with E-state index >= 15 is 0 Å². The monoisotopic (exact) mass is 539 g/mol. The molecule has 37 heavy (non-hydrogen) atoms. The molecule has 12 heteroatoms. The lowest BCUT2D eigenvalue weighted by atomic mass is 10.0. The van der Waals surface area contributed by atoms with Crippen molar-refractivity contribution in [3.63, 3.8) is 0 Å². The van der Waals surface area contributed by atoms with Crippen LogP contribution in [-0.2, 0) is 26.8 Å². The fourth-order valence-corrected chi connectivity index (χ4v) is 6.31. The molecule has 0 atom stereocenters. The van der Waals surface area contributed by atoms with E-state index < -0.39 is 18.9 Å². The average Bonchev–Trinajstić information content (AvgIpc) is 3.49. The lowest BCUT2D eigenvalue weighted by Gasteiger charge is -2.17. The van der Waals surface area contributed by atoms with Crippen molar-refractivity contribution in [2.45, 2.75) is 44.5 Å². The highest BCUT2D eigenvalue weighted by Crippen LogP contribution is 2.43. The number of nitrogens with one attached hydrogen (secondary N) is 2. The van der Waals surface area contributed by atoms with Crippen LogP contribution in [0.5, 0.6) is 0 Å². The summed E-state index contributed by atoms with van der Waals surface area (Å²) in [5.74, 6) is 0.169. The number of alkyl halides is 3. The van der Waals surface area contributed by atoms with Gasteiger partial charge in [-0.25, -0.2) is 9.97 Å². The van der Waals surface area contributed by atoms with Crippen molar-refractivity contribution in [1.82, 2.24) is 15.0 Å². The Balaban J connectivity index is 1.72. The summed E-state index contributed by atoms with van der Waals surface area (Å²) in [5, 5.41) is 4.23. The second-order valence-electron chi connectivity index (χ2n) is 9.58. The number of halogens is 3. The number of fused-ring (bicyclic) bond motifs is 1. The molecule has 1 aromatic carbocycles. The number of H-pyrrole nitrogens is 1. The molecule has 1 aliphatic carbocycles. The van der Waals surface area contributed by atoms with Gasteiger partial charge in [0.05, 0.1) is 37.6 Å². The first kappa shape index (κ1) is 27.6. The molecule has 0 bridgehead atoms. The third-order valence-electron chi connectivity index (χ3n) is 6.38. The Kier molecular flexibility index (Phi) is 8.58. The maximum Gasteiger partial charge on any atom is 0.419 e. The zero-order valence-electron chi connectivity index (χ0n) is 21.0. The Labute approximate surface area is 213 Å². The van der Waals surface area contributed by atoms with Gasteiger partial charge in [0.1, 0.15) is 12.7 Å². The first-order chi connectivity index (χ1) is 17.6. The largest absolute Gasteiger partial charge is 0.419 e. The van der Waals surface area contributed by atoms with Gasteiger partial charge in [-0.3, -0.25) is 0 Å². The molecule has 0 saturated heterocycles. The summed E-state index contributed by atoms with van der Waals surface area (Å²) in [5.41, 5.74) is 5.75. The van der Waals surface area contributed by atoms with E-state index in [2.05, 4.69) is 20.3 Å². The second-order valence-corrected chi connectivity index (χ2v) is 12.7. The van der Waals surface area contributed by atoms with E-state index in [1.165, 1.54) is 6.20 Å². The predicted octanol–water partition coefficient (Wildman–Crippen LogP) is 4.74. The summed E-state index contributed by atoms with van der Waals surface area (Å²) >= 11 is 0. The van der Waals surface area contributed by atoms with E-state index in [1.54, 1.807) is 25.5 Å². The molecule has 0 amide bonds. The van der Waals surface area contributed by atoms with Crippen LogP contribution in [0.3, 0.4) is 0 Å². The number of hydrogen-bond acceptors (Lipinski definition) is 7. The van der Waals surface area contributed by atoms with Gasteiger partial charge in [-0.2, -0.15) is 13.2 Å². The lowest BCUT2D eigenvalue weighted by molar-refractivity contribution is -0.137. The summed E-state index contributed by atoms with van der Waals surface area (Å²) in [4.78, 5) is 11.4. The number of rotatable bonds is 11. The molecule has 202 valence electrons. The van der Waals surface area contributed by atoms with Crippen molar-refractivity contribution in [2.24, 2.45) is 5.73 Å². The highest BCUT2D eigenvalue weighted by atomic mass is 31.2. The summed E-state index contributed by atoms with van der Waals surface area (Å²) in [6, 6.07) is 3.62. The van der Waals surface area contributed by atoms with E-state index in [4.69, 9.17) is 15.2 Å². The highest BCUT2D eigenvalue weighted by molar-refractivity contribution is 7.70. The third-order valence-corrected chi connectivity index (χ3v) is 7.97. The molecule has 3 aromatic rings. The molecule has 0 aliphatic heterocycles. The predicted molar refractivity (Wildman–Crippen MR) is 139 cm³/mol. The van der Waals surface area contributed by atoms with E-state index in [0.29, 0.717) is 48.1 Å². The fourth-order valence-electron chi connectivity index (χ4n) is 4.76. The normalized spacial score (nSPS) is 15.1. The minimum absolute atomic E-state index is 0.147. The van der Waals surface area contributed by atoms with E-state index in [-0.39, 0.29) is 29.9 Å². The van der Waals surface area contributed by atoms with Crippen molar-refractivity contribution < 1.29 is 27.2 Å². The van der Waals surface area contributed by atoms with Crippen LogP contribution in [0, 0.1) is 0 Å². The van der Waals surface area contributed by atoms with Crippen LogP contribution in [0.2, 0.25) is 0 Å². The van der Waals surface area contributed by atoms with Crippen molar-refractivity contribution in [1.29, 1.82) is 0 Å². The van der Waals surface area contributed by atoms with Crippen LogP contribution in [0.15, 0.2) is 24.5 Å². The van der Waals surface area contributed by atoms with Gasteiger partial charge in [-0.05, 0) is 31.7 Å². The summed E-state index contributed by atoms with van der Waals surface area (Å²) in [7, 11) is -2.85. The molecule has 4 N–H and O–H groups in total. The molecule has 8 nitrogen and oxygen atoms in total. The van der Waals surface area contributed by atoms with Gasteiger partial charge in [0.25, 0.3) is 0 Å². The summed E-state index contributed by atoms with van der Waals surface area (Å²) in [6.45, 7) is 5.02. The van der Waals surface area contributed by atoms with E-state index in [0.717, 1.165) is 31.9 Å². The number of aromatic amines is 1. The fraction of sp³-hybridized carbons (Fsp3) is 0.520. The molecule has 1 fully saturated rings. The van der Waals surface area contributed by atoms with Crippen molar-refractivity contribution in [3.05, 3.63) is 35.7 Å². The quantitative estimate of drug-likeness (QED) is 0.238.